The molecular weight excluding hydrogens is 294 g/mol. The van der Waals surface area contributed by atoms with E-state index in [2.05, 4.69) is 50.4 Å². The highest BCUT2D eigenvalue weighted by Crippen LogP contribution is 2.41. The summed E-state index contributed by atoms with van der Waals surface area (Å²) < 4.78 is 0. The molecule has 2 atom stereocenters. The van der Waals surface area contributed by atoms with Crippen molar-refractivity contribution in [1.29, 1.82) is 0 Å². The van der Waals surface area contributed by atoms with Gasteiger partial charge in [0.1, 0.15) is 0 Å². The van der Waals surface area contributed by atoms with E-state index in [1.54, 1.807) is 0 Å². The van der Waals surface area contributed by atoms with Gasteiger partial charge in [0, 0.05) is 30.5 Å². The van der Waals surface area contributed by atoms with E-state index in [0.717, 1.165) is 17.7 Å². The maximum atomic E-state index is 12.3. The second kappa shape index (κ2) is 6.90. The van der Waals surface area contributed by atoms with E-state index < -0.39 is 0 Å². The van der Waals surface area contributed by atoms with Crippen LogP contribution in [-0.2, 0) is 6.42 Å². The number of rotatable bonds is 6. The zero-order chi connectivity index (χ0) is 17.2. The van der Waals surface area contributed by atoms with Crippen molar-refractivity contribution in [3.05, 3.63) is 71.3 Å². The lowest BCUT2D eigenvalue weighted by Gasteiger charge is -2.18. The van der Waals surface area contributed by atoms with Gasteiger partial charge in [-0.2, -0.15) is 0 Å². The number of carbonyl (C=O) groups is 1. The number of Topliss-reactive ketones (excluding diaryl/α,β-unsaturated/α-hetero) is 1. The zero-order valence-electron chi connectivity index (χ0n) is 14.9. The Morgan fingerprint density at radius 2 is 1.71 bits per heavy atom. The van der Waals surface area contributed by atoms with Crippen LogP contribution in [0.1, 0.15) is 54.6 Å². The van der Waals surface area contributed by atoms with E-state index in [1.807, 2.05) is 30.3 Å². The Bertz CT molecular complexity index is 682. The first-order valence-electron chi connectivity index (χ1n) is 8.83. The van der Waals surface area contributed by atoms with Crippen molar-refractivity contribution >= 4 is 5.78 Å². The van der Waals surface area contributed by atoms with E-state index in [9.17, 15) is 4.79 Å². The number of nitrogens with one attached hydrogen (secondary N) is 1. The maximum Gasteiger partial charge on any atom is 0.167 e. The summed E-state index contributed by atoms with van der Waals surface area (Å²) in [6.07, 6.45) is 1.69. The number of ketones is 1. The molecule has 0 bridgehead atoms. The molecular formula is C22H27NO. The van der Waals surface area contributed by atoms with Gasteiger partial charge >= 0.3 is 0 Å². The van der Waals surface area contributed by atoms with E-state index in [1.165, 1.54) is 12.0 Å². The van der Waals surface area contributed by atoms with Crippen molar-refractivity contribution in [3.63, 3.8) is 0 Å². The summed E-state index contributed by atoms with van der Waals surface area (Å²) in [4.78, 5) is 12.3. The van der Waals surface area contributed by atoms with Gasteiger partial charge in [-0.1, -0.05) is 75.4 Å². The summed E-state index contributed by atoms with van der Waals surface area (Å²) in [5.74, 6) is 0.811. The Morgan fingerprint density at radius 3 is 2.33 bits per heavy atom. The number of benzene rings is 2. The molecule has 1 aliphatic rings. The smallest absolute Gasteiger partial charge is 0.167 e. The van der Waals surface area contributed by atoms with E-state index in [4.69, 9.17) is 0 Å². The number of hydrogen-bond donors (Lipinski definition) is 1. The average molecular weight is 321 g/mol. The molecule has 2 nitrogen and oxygen atoms in total. The highest BCUT2D eigenvalue weighted by atomic mass is 16.1. The molecule has 24 heavy (non-hydrogen) atoms. The minimum absolute atomic E-state index is 0.180. The van der Waals surface area contributed by atoms with Gasteiger partial charge in [-0.05, 0) is 23.0 Å². The highest BCUT2D eigenvalue weighted by molar-refractivity contribution is 5.97. The molecule has 2 aromatic rings. The third-order valence-corrected chi connectivity index (χ3v) is 4.55. The Labute approximate surface area is 145 Å². The van der Waals surface area contributed by atoms with Gasteiger partial charge in [0.15, 0.2) is 5.78 Å². The standard InChI is InChI=1S/C22H27NO/c1-22(2,3)15-23-20-14-19(20)17-11-9-16(10-12-17)13-21(24)18-7-5-4-6-8-18/h4-12,19-20,23H,13-15H2,1-3H3. The maximum absolute atomic E-state index is 12.3. The molecule has 1 aliphatic carbocycles. The minimum Gasteiger partial charge on any atom is -0.313 e. The monoisotopic (exact) mass is 321 g/mol. The molecule has 0 spiro atoms. The summed E-state index contributed by atoms with van der Waals surface area (Å²) >= 11 is 0. The van der Waals surface area contributed by atoms with Crippen molar-refractivity contribution in [2.45, 2.75) is 45.6 Å². The molecule has 3 rings (SSSR count). The molecule has 2 aromatic carbocycles. The molecule has 0 amide bonds. The minimum atomic E-state index is 0.180. The third kappa shape index (κ3) is 4.55. The zero-order valence-corrected chi connectivity index (χ0v) is 14.9. The SMILES string of the molecule is CC(C)(C)CNC1CC1c1ccc(CC(=O)c2ccccc2)cc1. The quantitative estimate of drug-likeness (QED) is 0.788. The fraction of sp³-hybridized carbons (Fsp3) is 0.409. The van der Waals surface area contributed by atoms with Crippen molar-refractivity contribution in [3.8, 4) is 0 Å². The summed E-state index contributed by atoms with van der Waals surface area (Å²) in [5, 5.41) is 3.66. The van der Waals surface area contributed by atoms with Gasteiger partial charge in [0.2, 0.25) is 0 Å². The number of carbonyl (C=O) groups excluding carboxylic acids is 1. The molecule has 0 saturated heterocycles. The Kier molecular flexibility index (Phi) is 4.86. The van der Waals surface area contributed by atoms with Gasteiger partial charge in [-0.25, -0.2) is 0 Å². The van der Waals surface area contributed by atoms with E-state index in [-0.39, 0.29) is 5.78 Å². The van der Waals surface area contributed by atoms with E-state index in [0.29, 0.717) is 23.8 Å². The van der Waals surface area contributed by atoms with E-state index >= 15 is 0 Å². The van der Waals surface area contributed by atoms with Crippen molar-refractivity contribution in [2.24, 2.45) is 5.41 Å². The molecule has 126 valence electrons. The normalized spacial score (nSPS) is 20.0. The fourth-order valence-corrected chi connectivity index (χ4v) is 3.02. The van der Waals surface area contributed by atoms with Gasteiger partial charge in [0.25, 0.3) is 0 Å². The fourth-order valence-electron chi connectivity index (χ4n) is 3.02. The first-order chi connectivity index (χ1) is 11.4. The van der Waals surface area contributed by atoms with Crippen LogP contribution >= 0.6 is 0 Å². The first-order valence-corrected chi connectivity index (χ1v) is 8.83. The summed E-state index contributed by atoms with van der Waals surface area (Å²) in [6, 6.07) is 18.7. The molecule has 1 fully saturated rings. The molecule has 1 N–H and O–H groups in total. The Balaban J connectivity index is 1.54. The second-order valence-electron chi connectivity index (χ2n) is 8.10. The largest absolute Gasteiger partial charge is 0.313 e. The van der Waals surface area contributed by atoms with Crippen LogP contribution in [0.25, 0.3) is 0 Å². The molecule has 0 aromatic heterocycles. The van der Waals surface area contributed by atoms with Crippen molar-refractivity contribution in [2.75, 3.05) is 6.54 Å². The topological polar surface area (TPSA) is 29.1 Å². The van der Waals surface area contributed by atoms with Gasteiger partial charge in [-0.15, -0.1) is 0 Å². The van der Waals surface area contributed by atoms with Crippen molar-refractivity contribution in [1.82, 2.24) is 5.32 Å². The van der Waals surface area contributed by atoms with Crippen LogP contribution in [0.3, 0.4) is 0 Å². The Hall–Kier alpha value is -1.93. The average Bonchev–Trinajstić information content (AvgIpc) is 3.33. The molecule has 2 unspecified atom stereocenters. The molecule has 1 saturated carbocycles. The van der Waals surface area contributed by atoms with Crippen LogP contribution in [0.15, 0.2) is 54.6 Å². The lowest BCUT2D eigenvalue weighted by Crippen LogP contribution is -2.29. The van der Waals surface area contributed by atoms with Crippen LogP contribution in [0.4, 0.5) is 0 Å². The van der Waals surface area contributed by atoms with Gasteiger partial charge in [-0.3, -0.25) is 4.79 Å². The van der Waals surface area contributed by atoms with Crippen LogP contribution in [0.2, 0.25) is 0 Å². The predicted molar refractivity (Wildman–Crippen MR) is 99.5 cm³/mol. The molecule has 2 heteroatoms. The lowest BCUT2D eigenvalue weighted by atomic mass is 9.97. The summed E-state index contributed by atoms with van der Waals surface area (Å²) in [7, 11) is 0. The van der Waals surface area contributed by atoms with Crippen molar-refractivity contribution < 1.29 is 4.79 Å². The number of hydrogen-bond acceptors (Lipinski definition) is 2. The van der Waals surface area contributed by atoms with Crippen LogP contribution in [0.5, 0.6) is 0 Å². The molecule has 0 radical (unpaired) electrons. The highest BCUT2D eigenvalue weighted by Gasteiger charge is 2.38. The molecule has 0 heterocycles. The third-order valence-electron chi connectivity index (χ3n) is 4.55. The Morgan fingerprint density at radius 1 is 1.04 bits per heavy atom. The van der Waals surface area contributed by atoms with Crippen LogP contribution in [0, 0.1) is 5.41 Å². The lowest BCUT2D eigenvalue weighted by molar-refractivity contribution is 0.0993. The van der Waals surface area contributed by atoms with Gasteiger partial charge in [0.05, 0.1) is 0 Å². The first kappa shape index (κ1) is 16.9. The second-order valence-corrected chi connectivity index (χ2v) is 8.10. The summed E-state index contributed by atoms with van der Waals surface area (Å²) in [5.41, 5.74) is 3.59. The summed E-state index contributed by atoms with van der Waals surface area (Å²) in [6.45, 7) is 7.83. The van der Waals surface area contributed by atoms with Crippen LogP contribution in [-0.4, -0.2) is 18.4 Å². The van der Waals surface area contributed by atoms with Crippen LogP contribution < -0.4 is 5.32 Å². The predicted octanol–water partition coefficient (Wildman–Crippen LogP) is 4.60. The van der Waals surface area contributed by atoms with Gasteiger partial charge < -0.3 is 5.32 Å². The molecule has 0 aliphatic heterocycles.